The van der Waals surface area contributed by atoms with Gasteiger partial charge in [0.05, 0.1) is 0 Å². The minimum atomic E-state index is -0.317. The summed E-state index contributed by atoms with van der Waals surface area (Å²) >= 11 is 1.91. The molecule has 2 aliphatic heterocycles. The molecule has 0 spiro atoms. The van der Waals surface area contributed by atoms with E-state index in [0.717, 1.165) is 45.2 Å². The van der Waals surface area contributed by atoms with Gasteiger partial charge in [-0.25, -0.2) is 0 Å². The molecule has 6 heteroatoms. The number of hydrogen-bond acceptors (Lipinski definition) is 4. The maximum atomic E-state index is 14.2. The van der Waals surface area contributed by atoms with E-state index < -0.39 is 0 Å². The van der Waals surface area contributed by atoms with Crippen LogP contribution in [0.1, 0.15) is 81.6 Å². The van der Waals surface area contributed by atoms with E-state index in [1.165, 1.54) is 59.1 Å². The first-order valence-electron chi connectivity index (χ1n) is 14.5. The number of aryl methyl sites for hydroxylation is 1. The van der Waals surface area contributed by atoms with Gasteiger partial charge in [0.15, 0.2) is 0 Å². The number of carbonyl (C=O) groups is 2. The monoisotopic (exact) mass is 507 g/mol. The SMILES string of the molecule is CCc1sc2ccccc2c1CN1CCN2C(=O)C(C3CCCCC3)N(C3CCCCC3)C(=O)C2C1. The summed E-state index contributed by atoms with van der Waals surface area (Å²) in [7, 11) is 0. The van der Waals surface area contributed by atoms with E-state index in [0.29, 0.717) is 19.0 Å². The predicted molar refractivity (Wildman–Crippen MR) is 146 cm³/mol. The Morgan fingerprint density at radius 3 is 2.36 bits per heavy atom. The topological polar surface area (TPSA) is 43.9 Å². The second kappa shape index (κ2) is 10.4. The van der Waals surface area contributed by atoms with Crippen molar-refractivity contribution in [2.24, 2.45) is 5.92 Å². The van der Waals surface area contributed by atoms with Gasteiger partial charge in [0, 0.05) is 41.8 Å². The van der Waals surface area contributed by atoms with Crippen LogP contribution >= 0.6 is 11.3 Å². The Balaban J connectivity index is 1.26. The molecule has 2 aromatic rings. The van der Waals surface area contributed by atoms with Gasteiger partial charge < -0.3 is 9.80 Å². The van der Waals surface area contributed by atoms with Gasteiger partial charge in [-0.15, -0.1) is 11.3 Å². The summed E-state index contributed by atoms with van der Waals surface area (Å²) in [5.41, 5.74) is 1.42. The highest BCUT2D eigenvalue weighted by Crippen LogP contribution is 2.38. The van der Waals surface area contributed by atoms with Gasteiger partial charge in [-0.3, -0.25) is 14.5 Å². The average molecular weight is 508 g/mol. The van der Waals surface area contributed by atoms with Crippen LogP contribution in [0.15, 0.2) is 24.3 Å². The third-order valence-corrected chi connectivity index (χ3v) is 10.7. The molecule has 194 valence electrons. The fraction of sp³-hybridized carbons (Fsp3) is 0.667. The van der Waals surface area contributed by atoms with Gasteiger partial charge in [-0.2, -0.15) is 0 Å². The van der Waals surface area contributed by atoms with E-state index in [-0.39, 0.29) is 29.9 Å². The first-order valence-corrected chi connectivity index (χ1v) is 15.3. The lowest BCUT2D eigenvalue weighted by Gasteiger charge is -2.54. The summed E-state index contributed by atoms with van der Waals surface area (Å²) in [5.74, 6) is 0.847. The fourth-order valence-corrected chi connectivity index (χ4v) is 8.69. The molecule has 2 unspecified atom stereocenters. The van der Waals surface area contributed by atoms with Gasteiger partial charge >= 0.3 is 0 Å². The lowest BCUT2D eigenvalue weighted by molar-refractivity contribution is -0.172. The molecule has 0 radical (unpaired) electrons. The van der Waals surface area contributed by atoms with E-state index >= 15 is 0 Å². The smallest absolute Gasteiger partial charge is 0.247 e. The molecule has 4 fully saturated rings. The molecule has 2 aliphatic carbocycles. The van der Waals surface area contributed by atoms with Crippen LogP contribution in [-0.4, -0.2) is 64.3 Å². The summed E-state index contributed by atoms with van der Waals surface area (Å²) in [6.45, 7) is 5.31. The minimum absolute atomic E-state index is 0.212. The number of hydrogen-bond donors (Lipinski definition) is 0. The molecule has 5 nitrogen and oxygen atoms in total. The maximum Gasteiger partial charge on any atom is 0.247 e. The molecule has 1 aromatic carbocycles. The van der Waals surface area contributed by atoms with Crippen molar-refractivity contribution in [1.29, 1.82) is 0 Å². The quantitative estimate of drug-likeness (QED) is 0.529. The number of benzene rings is 1. The summed E-state index contributed by atoms with van der Waals surface area (Å²) in [4.78, 5) is 36.4. The zero-order valence-corrected chi connectivity index (χ0v) is 22.6. The lowest BCUT2D eigenvalue weighted by Crippen LogP contribution is -2.72. The summed E-state index contributed by atoms with van der Waals surface area (Å²) in [5, 5.41) is 1.36. The third-order valence-electron chi connectivity index (χ3n) is 9.39. The van der Waals surface area contributed by atoms with Crippen LogP contribution in [0.2, 0.25) is 0 Å². The van der Waals surface area contributed by atoms with E-state index in [4.69, 9.17) is 0 Å². The van der Waals surface area contributed by atoms with Gasteiger partial charge in [0.1, 0.15) is 12.1 Å². The van der Waals surface area contributed by atoms with Gasteiger partial charge in [-0.1, -0.05) is 63.6 Å². The standard InChI is InChI=1S/C30H41N3O2S/c1-2-26-24(23-15-9-10-16-27(23)36-26)19-31-17-18-32-25(20-31)29(34)33(22-13-7-4-8-14-22)28(30(32)35)21-11-5-3-6-12-21/h9-10,15-16,21-22,25,28H,2-8,11-14,17-20H2,1H3. The Morgan fingerprint density at radius 2 is 1.61 bits per heavy atom. The molecule has 1 aromatic heterocycles. The number of nitrogens with zero attached hydrogens (tertiary/aromatic N) is 3. The van der Waals surface area contributed by atoms with Crippen molar-refractivity contribution in [3.8, 4) is 0 Å². The normalized spacial score (nSPS) is 27.1. The lowest BCUT2D eigenvalue weighted by atomic mass is 9.79. The van der Waals surface area contributed by atoms with Crippen LogP contribution in [0, 0.1) is 5.92 Å². The van der Waals surface area contributed by atoms with Crippen LogP contribution < -0.4 is 0 Å². The molecule has 0 N–H and O–H groups in total. The van der Waals surface area contributed by atoms with Crippen molar-refractivity contribution in [3.63, 3.8) is 0 Å². The second-order valence-electron chi connectivity index (χ2n) is 11.5. The van der Waals surface area contributed by atoms with E-state index in [9.17, 15) is 9.59 Å². The minimum Gasteiger partial charge on any atom is -0.326 e. The van der Waals surface area contributed by atoms with Crippen molar-refractivity contribution < 1.29 is 9.59 Å². The van der Waals surface area contributed by atoms with Crippen LogP contribution in [0.25, 0.3) is 10.1 Å². The van der Waals surface area contributed by atoms with Crippen LogP contribution in [0.4, 0.5) is 0 Å². The molecule has 0 bridgehead atoms. The van der Waals surface area contributed by atoms with Crippen LogP contribution in [-0.2, 0) is 22.6 Å². The molecule has 6 rings (SSSR count). The highest BCUT2D eigenvalue weighted by atomic mass is 32.1. The second-order valence-corrected chi connectivity index (χ2v) is 12.7. The molecule has 2 amide bonds. The molecule has 4 aliphatic rings. The number of fused-ring (bicyclic) bond motifs is 2. The summed E-state index contributed by atoms with van der Waals surface area (Å²) < 4.78 is 1.35. The van der Waals surface area contributed by atoms with E-state index in [1.54, 1.807) is 0 Å². The number of amides is 2. The molecule has 2 atom stereocenters. The predicted octanol–water partition coefficient (Wildman–Crippen LogP) is 5.60. The number of rotatable bonds is 5. The fourth-order valence-electron chi connectivity index (χ4n) is 7.53. The molecule has 2 saturated carbocycles. The zero-order valence-electron chi connectivity index (χ0n) is 21.8. The Labute approximate surface area is 219 Å². The Morgan fingerprint density at radius 1 is 0.889 bits per heavy atom. The molecular formula is C30H41N3O2S. The van der Waals surface area contributed by atoms with Crippen molar-refractivity contribution in [2.75, 3.05) is 19.6 Å². The van der Waals surface area contributed by atoms with Crippen LogP contribution in [0.5, 0.6) is 0 Å². The van der Waals surface area contributed by atoms with E-state index in [1.807, 2.05) is 16.2 Å². The molecule has 36 heavy (non-hydrogen) atoms. The largest absolute Gasteiger partial charge is 0.326 e. The van der Waals surface area contributed by atoms with Gasteiger partial charge in [0.25, 0.3) is 0 Å². The van der Waals surface area contributed by atoms with Crippen molar-refractivity contribution in [1.82, 2.24) is 14.7 Å². The van der Waals surface area contributed by atoms with Crippen molar-refractivity contribution >= 4 is 33.2 Å². The highest BCUT2D eigenvalue weighted by Gasteiger charge is 2.52. The number of thiophene rings is 1. The Bertz CT molecular complexity index is 1100. The Hall–Kier alpha value is -1.92. The zero-order chi connectivity index (χ0) is 24.6. The summed E-state index contributed by atoms with van der Waals surface area (Å²) in [6.07, 6.45) is 12.7. The first-order chi connectivity index (χ1) is 17.7. The number of carbonyl (C=O) groups excluding carboxylic acids is 2. The van der Waals surface area contributed by atoms with Crippen molar-refractivity contribution in [3.05, 3.63) is 34.7 Å². The van der Waals surface area contributed by atoms with E-state index in [2.05, 4.69) is 41.0 Å². The third kappa shape index (κ3) is 4.38. The van der Waals surface area contributed by atoms with Crippen molar-refractivity contribution in [2.45, 2.75) is 102 Å². The number of piperazine rings is 2. The van der Waals surface area contributed by atoms with Crippen LogP contribution in [0.3, 0.4) is 0 Å². The first kappa shape index (κ1) is 24.4. The van der Waals surface area contributed by atoms with Gasteiger partial charge in [0.2, 0.25) is 11.8 Å². The Kier molecular flexibility index (Phi) is 7.09. The molecule has 3 heterocycles. The van der Waals surface area contributed by atoms with Gasteiger partial charge in [-0.05, 0) is 55.0 Å². The maximum absolute atomic E-state index is 14.2. The summed E-state index contributed by atoms with van der Waals surface area (Å²) in [6, 6.07) is 8.44. The molecule has 2 saturated heterocycles. The average Bonchev–Trinajstić information content (AvgIpc) is 3.29. The highest BCUT2D eigenvalue weighted by molar-refractivity contribution is 7.19. The molecular weight excluding hydrogens is 466 g/mol.